The van der Waals surface area contributed by atoms with E-state index in [9.17, 15) is 18.0 Å². The predicted octanol–water partition coefficient (Wildman–Crippen LogP) is 2.56. The monoisotopic (exact) mass is 436 g/mol. The van der Waals surface area contributed by atoms with Crippen molar-refractivity contribution in [2.24, 2.45) is 5.92 Å². The molecule has 1 saturated heterocycles. The van der Waals surface area contributed by atoms with Gasteiger partial charge in [0.15, 0.2) is 0 Å². The highest BCUT2D eigenvalue weighted by Crippen LogP contribution is 2.30. The summed E-state index contributed by atoms with van der Waals surface area (Å²) in [5.41, 5.74) is 0.261. The zero-order valence-electron chi connectivity index (χ0n) is 15.3. The summed E-state index contributed by atoms with van der Waals surface area (Å²) in [6.45, 7) is 2.25. The number of hydrogen-bond donors (Lipinski definition) is 0. The first-order chi connectivity index (χ1) is 12.6. The van der Waals surface area contributed by atoms with Crippen LogP contribution in [0.2, 0.25) is 10.0 Å². The number of amides is 1. The summed E-state index contributed by atoms with van der Waals surface area (Å²) < 4.78 is 30.5. The Morgan fingerprint density at radius 1 is 1.22 bits per heavy atom. The molecule has 27 heavy (non-hydrogen) atoms. The van der Waals surface area contributed by atoms with Gasteiger partial charge in [-0.3, -0.25) is 13.9 Å². The number of ether oxygens (including phenoxy) is 1. The molecule has 0 N–H and O–H groups in total. The Hall–Kier alpha value is -1.51. The summed E-state index contributed by atoms with van der Waals surface area (Å²) in [6, 6.07) is 3.43. The molecule has 1 amide bonds. The average molecular weight is 437 g/mol. The lowest BCUT2D eigenvalue weighted by molar-refractivity contribution is -0.149. The fourth-order valence-corrected chi connectivity index (χ4v) is 4.64. The Labute approximate surface area is 169 Å². The molecule has 1 atom stereocenters. The highest BCUT2D eigenvalue weighted by atomic mass is 35.5. The number of hydrogen-bond acceptors (Lipinski definition) is 5. The summed E-state index contributed by atoms with van der Waals surface area (Å²) in [4.78, 5) is 26.1. The van der Waals surface area contributed by atoms with Crippen molar-refractivity contribution in [2.45, 2.75) is 25.8 Å². The van der Waals surface area contributed by atoms with Crippen molar-refractivity contribution in [2.75, 3.05) is 30.8 Å². The van der Waals surface area contributed by atoms with Crippen LogP contribution < -0.4 is 4.31 Å². The molecule has 1 aliphatic heterocycles. The zero-order chi connectivity index (χ0) is 20.4. The van der Waals surface area contributed by atoms with Gasteiger partial charge in [-0.1, -0.05) is 23.2 Å². The van der Waals surface area contributed by atoms with Gasteiger partial charge in [0.1, 0.15) is 6.04 Å². The fraction of sp³-hybridized carbons (Fsp3) is 0.529. The molecule has 1 aliphatic rings. The number of halogens is 2. The summed E-state index contributed by atoms with van der Waals surface area (Å²) in [5.74, 6) is -0.867. The Morgan fingerprint density at radius 3 is 2.30 bits per heavy atom. The van der Waals surface area contributed by atoms with Gasteiger partial charge in [-0.15, -0.1) is 0 Å². The molecular weight excluding hydrogens is 415 g/mol. The van der Waals surface area contributed by atoms with Gasteiger partial charge in [-0.2, -0.15) is 0 Å². The third kappa shape index (κ3) is 5.06. The van der Waals surface area contributed by atoms with Crippen LogP contribution in [-0.4, -0.2) is 57.7 Å². The number of methoxy groups -OCH3 is 1. The van der Waals surface area contributed by atoms with Crippen molar-refractivity contribution in [3.8, 4) is 0 Å². The van der Waals surface area contributed by atoms with Gasteiger partial charge in [0.05, 0.1) is 35.0 Å². The normalized spacial score (nSPS) is 16.7. The van der Waals surface area contributed by atoms with Gasteiger partial charge >= 0.3 is 5.97 Å². The van der Waals surface area contributed by atoms with E-state index in [4.69, 9.17) is 27.9 Å². The lowest BCUT2D eigenvalue weighted by Crippen LogP contribution is -2.51. The number of carbonyl (C=O) groups is 2. The number of nitrogens with zero attached hydrogens (tertiary/aromatic N) is 2. The topological polar surface area (TPSA) is 84.0 Å². The fourth-order valence-electron chi connectivity index (χ4n) is 3.19. The SMILES string of the molecule is COC(=O)C1CCN(C(=O)[C@@H](C)N(c2ccc(Cl)c(Cl)c2)S(C)(=O)=O)CC1. The third-order valence-electron chi connectivity index (χ3n) is 4.57. The van der Waals surface area contributed by atoms with Crippen LogP contribution in [0.5, 0.6) is 0 Å². The Bertz CT molecular complexity index is 823. The molecule has 150 valence electrons. The summed E-state index contributed by atoms with van der Waals surface area (Å²) in [5, 5.41) is 0.485. The third-order valence-corrected chi connectivity index (χ3v) is 6.55. The first kappa shape index (κ1) is 21.8. The minimum absolute atomic E-state index is 0.196. The van der Waals surface area contributed by atoms with E-state index in [0.717, 1.165) is 10.6 Å². The van der Waals surface area contributed by atoms with E-state index in [0.29, 0.717) is 25.9 Å². The summed E-state index contributed by atoms with van der Waals surface area (Å²) in [6.07, 6.45) is 2.00. The quantitative estimate of drug-likeness (QED) is 0.662. The van der Waals surface area contributed by atoms with Crippen LogP contribution in [0, 0.1) is 5.92 Å². The number of benzene rings is 1. The summed E-state index contributed by atoms with van der Waals surface area (Å²) in [7, 11) is -2.41. The molecule has 1 fully saturated rings. The van der Waals surface area contributed by atoms with Crippen molar-refractivity contribution in [3.05, 3.63) is 28.2 Å². The second-order valence-electron chi connectivity index (χ2n) is 6.46. The van der Waals surface area contributed by atoms with Gasteiger partial charge < -0.3 is 9.64 Å². The van der Waals surface area contributed by atoms with Crippen molar-refractivity contribution in [1.82, 2.24) is 4.90 Å². The molecule has 2 rings (SSSR count). The van der Waals surface area contributed by atoms with Crippen molar-refractivity contribution in [3.63, 3.8) is 0 Å². The molecule has 0 unspecified atom stereocenters. The maximum absolute atomic E-state index is 12.9. The van der Waals surface area contributed by atoms with Gasteiger partial charge in [0.2, 0.25) is 15.9 Å². The van der Waals surface area contributed by atoms with Crippen LogP contribution in [0.15, 0.2) is 18.2 Å². The number of carbonyl (C=O) groups excluding carboxylic acids is 2. The zero-order valence-corrected chi connectivity index (χ0v) is 17.6. The molecule has 1 aromatic rings. The minimum atomic E-state index is -3.75. The van der Waals surface area contributed by atoms with Gasteiger partial charge in [0, 0.05) is 13.1 Å². The van der Waals surface area contributed by atoms with E-state index in [1.165, 1.54) is 32.2 Å². The van der Waals surface area contributed by atoms with Crippen LogP contribution in [0.3, 0.4) is 0 Å². The Morgan fingerprint density at radius 2 is 1.81 bits per heavy atom. The second-order valence-corrected chi connectivity index (χ2v) is 9.13. The van der Waals surface area contributed by atoms with Crippen LogP contribution >= 0.6 is 23.2 Å². The lowest BCUT2D eigenvalue weighted by Gasteiger charge is -2.36. The van der Waals surface area contributed by atoms with E-state index in [1.54, 1.807) is 4.90 Å². The number of likely N-dealkylation sites (tertiary alicyclic amines) is 1. The largest absolute Gasteiger partial charge is 0.469 e. The number of rotatable bonds is 5. The van der Waals surface area contributed by atoms with Gasteiger partial charge in [-0.25, -0.2) is 8.42 Å². The van der Waals surface area contributed by atoms with Gasteiger partial charge in [0.25, 0.3) is 0 Å². The van der Waals surface area contributed by atoms with E-state index in [2.05, 4.69) is 0 Å². The molecular formula is C17H22Cl2N2O5S. The molecule has 0 aliphatic carbocycles. The standard InChI is InChI=1S/C17H22Cl2N2O5S/c1-11(16(22)20-8-6-12(7-9-20)17(23)26-2)21(27(3,24)25)13-4-5-14(18)15(19)10-13/h4-5,10-12H,6-9H2,1-3H3/t11-/m1/s1. The molecule has 0 aromatic heterocycles. The van der Waals surface area contributed by atoms with E-state index >= 15 is 0 Å². The highest BCUT2D eigenvalue weighted by molar-refractivity contribution is 7.92. The van der Waals surface area contributed by atoms with E-state index < -0.39 is 16.1 Å². The highest BCUT2D eigenvalue weighted by Gasteiger charge is 2.35. The molecule has 7 nitrogen and oxygen atoms in total. The van der Waals surface area contributed by atoms with Crippen LogP contribution in [0.1, 0.15) is 19.8 Å². The molecule has 0 radical (unpaired) electrons. The van der Waals surface area contributed by atoms with Crippen LogP contribution in [0.25, 0.3) is 0 Å². The number of sulfonamides is 1. The Balaban J connectivity index is 2.21. The molecule has 1 aromatic carbocycles. The maximum Gasteiger partial charge on any atom is 0.308 e. The number of esters is 1. The predicted molar refractivity (Wildman–Crippen MR) is 105 cm³/mol. The first-order valence-corrected chi connectivity index (χ1v) is 11.0. The molecule has 0 bridgehead atoms. The van der Waals surface area contributed by atoms with Crippen molar-refractivity contribution >= 4 is 50.8 Å². The molecule has 10 heteroatoms. The van der Waals surface area contributed by atoms with Crippen molar-refractivity contribution < 1.29 is 22.7 Å². The minimum Gasteiger partial charge on any atom is -0.469 e. The number of piperidine rings is 1. The molecule has 1 heterocycles. The van der Waals surface area contributed by atoms with E-state index in [-0.39, 0.29) is 33.5 Å². The maximum atomic E-state index is 12.9. The lowest BCUT2D eigenvalue weighted by atomic mass is 9.96. The average Bonchev–Trinajstić information content (AvgIpc) is 2.62. The second kappa shape index (κ2) is 8.67. The molecule has 0 spiro atoms. The smallest absolute Gasteiger partial charge is 0.308 e. The number of anilines is 1. The van der Waals surface area contributed by atoms with E-state index in [1.807, 2.05) is 0 Å². The van der Waals surface area contributed by atoms with Crippen molar-refractivity contribution in [1.29, 1.82) is 0 Å². The Kier molecular flexibility index (Phi) is 6.99. The van der Waals surface area contributed by atoms with Gasteiger partial charge in [-0.05, 0) is 38.0 Å². The summed E-state index contributed by atoms with van der Waals surface area (Å²) >= 11 is 11.9. The van der Waals surface area contributed by atoms with Crippen LogP contribution in [-0.2, 0) is 24.3 Å². The first-order valence-electron chi connectivity index (χ1n) is 8.37. The van der Waals surface area contributed by atoms with Crippen LogP contribution in [0.4, 0.5) is 5.69 Å². The molecule has 0 saturated carbocycles.